The van der Waals surface area contributed by atoms with E-state index in [9.17, 15) is 17.2 Å². The number of nitrogens with one attached hydrogen (secondary N) is 1. The molecule has 0 aromatic heterocycles. The Bertz CT molecular complexity index is 731. The predicted molar refractivity (Wildman–Crippen MR) is 74.7 cm³/mol. The summed E-state index contributed by atoms with van der Waals surface area (Å²) in [4.78, 5) is -0.319. The standard InChI is InChI=1S/C14H14F2N2O2S/c15-13-6-5-12(7-14(13)16)21(19,20)18-9-11-3-1-10(8-17)2-4-11/h1-7,18H,8-9,17H2. The zero-order valence-corrected chi connectivity index (χ0v) is 11.8. The van der Waals surface area contributed by atoms with Crippen molar-refractivity contribution in [2.24, 2.45) is 5.73 Å². The number of hydrogen-bond donors (Lipinski definition) is 2. The Balaban J connectivity index is 2.11. The summed E-state index contributed by atoms with van der Waals surface area (Å²) in [6.07, 6.45) is 0. The van der Waals surface area contributed by atoms with Crippen molar-refractivity contribution >= 4 is 10.0 Å². The van der Waals surface area contributed by atoms with E-state index in [-0.39, 0.29) is 11.4 Å². The molecule has 0 atom stereocenters. The Hall–Kier alpha value is -1.83. The van der Waals surface area contributed by atoms with Crippen molar-refractivity contribution in [1.29, 1.82) is 0 Å². The second-order valence-corrected chi connectivity index (χ2v) is 6.19. The van der Waals surface area contributed by atoms with Gasteiger partial charge in [0, 0.05) is 13.1 Å². The molecule has 0 radical (unpaired) electrons. The molecule has 2 aromatic rings. The van der Waals surface area contributed by atoms with E-state index in [2.05, 4.69) is 4.72 Å². The minimum atomic E-state index is -3.89. The van der Waals surface area contributed by atoms with E-state index in [1.807, 2.05) is 0 Å². The predicted octanol–water partition coefficient (Wildman–Crippen LogP) is 1.90. The largest absolute Gasteiger partial charge is 0.326 e. The molecule has 0 bridgehead atoms. The van der Waals surface area contributed by atoms with Gasteiger partial charge in [-0.15, -0.1) is 0 Å². The van der Waals surface area contributed by atoms with Gasteiger partial charge in [0.1, 0.15) is 0 Å². The number of rotatable bonds is 5. The highest BCUT2D eigenvalue weighted by molar-refractivity contribution is 7.89. The van der Waals surface area contributed by atoms with Crippen molar-refractivity contribution in [1.82, 2.24) is 4.72 Å². The maximum absolute atomic E-state index is 13.1. The van der Waals surface area contributed by atoms with E-state index in [1.165, 1.54) is 0 Å². The molecule has 112 valence electrons. The third-order valence-corrected chi connectivity index (χ3v) is 4.33. The van der Waals surface area contributed by atoms with Crippen molar-refractivity contribution in [2.75, 3.05) is 0 Å². The van der Waals surface area contributed by atoms with Crippen LogP contribution >= 0.6 is 0 Å². The van der Waals surface area contributed by atoms with Gasteiger partial charge < -0.3 is 5.73 Å². The van der Waals surface area contributed by atoms with Crippen LogP contribution in [0, 0.1) is 11.6 Å². The van der Waals surface area contributed by atoms with E-state index >= 15 is 0 Å². The zero-order chi connectivity index (χ0) is 15.5. The lowest BCUT2D eigenvalue weighted by molar-refractivity contribution is 0.504. The van der Waals surface area contributed by atoms with Crippen LogP contribution in [0.15, 0.2) is 47.4 Å². The minimum Gasteiger partial charge on any atom is -0.326 e. The summed E-state index contributed by atoms with van der Waals surface area (Å²) in [5, 5.41) is 0. The SMILES string of the molecule is NCc1ccc(CNS(=O)(=O)c2ccc(F)c(F)c2)cc1. The first-order valence-electron chi connectivity index (χ1n) is 6.15. The van der Waals surface area contributed by atoms with E-state index in [0.29, 0.717) is 12.6 Å². The summed E-state index contributed by atoms with van der Waals surface area (Å²) < 4.78 is 52.2. The maximum atomic E-state index is 13.1. The first-order chi connectivity index (χ1) is 9.92. The van der Waals surface area contributed by atoms with Gasteiger partial charge in [0.2, 0.25) is 10.0 Å². The summed E-state index contributed by atoms with van der Waals surface area (Å²) in [6, 6.07) is 9.52. The Morgan fingerprint density at radius 3 is 2.14 bits per heavy atom. The monoisotopic (exact) mass is 312 g/mol. The Kier molecular flexibility index (Phi) is 4.66. The molecule has 2 rings (SSSR count). The molecule has 21 heavy (non-hydrogen) atoms. The fourth-order valence-electron chi connectivity index (χ4n) is 1.70. The average Bonchev–Trinajstić information content (AvgIpc) is 2.48. The second kappa shape index (κ2) is 6.30. The van der Waals surface area contributed by atoms with E-state index in [1.54, 1.807) is 24.3 Å². The van der Waals surface area contributed by atoms with Gasteiger partial charge in [-0.1, -0.05) is 24.3 Å². The number of halogens is 2. The Morgan fingerprint density at radius 1 is 0.952 bits per heavy atom. The Morgan fingerprint density at radius 2 is 1.57 bits per heavy atom. The van der Waals surface area contributed by atoms with Gasteiger partial charge in [-0.05, 0) is 29.3 Å². The van der Waals surface area contributed by atoms with Crippen LogP contribution in [-0.2, 0) is 23.1 Å². The second-order valence-electron chi connectivity index (χ2n) is 4.42. The van der Waals surface area contributed by atoms with Gasteiger partial charge in [0.15, 0.2) is 11.6 Å². The van der Waals surface area contributed by atoms with E-state index in [4.69, 9.17) is 5.73 Å². The van der Waals surface area contributed by atoms with Gasteiger partial charge in [0.05, 0.1) is 4.90 Å². The normalized spacial score (nSPS) is 11.6. The average molecular weight is 312 g/mol. The first-order valence-corrected chi connectivity index (χ1v) is 7.63. The lowest BCUT2D eigenvalue weighted by atomic mass is 10.1. The summed E-state index contributed by atoms with van der Waals surface area (Å²) in [5.74, 6) is -2.29. The minimum absolute atomic E-state index is 0.0478. The summed E-state index contributed by atoms with van der Waals surface area (Å²) >= 11 is 0. The van der Waals surface area contributed by atoms with E-state index in [0.717, 1.165) is 23.3 Å². The quantitative estimate of drug-likeness (QED) is 0.886. The molecule has 7 heteroatoms. The van der Waals surface area contributed by atoms with Crippen LogP contribution < -0.4 is 10.5 Å². The number of hydrogen-bond acceptors (Lipinski definition) is 3. The summed E-state index contributed by atoms with van der Waals surface area (Å²) in [6.45, 7) is 0.451. The van der Waals surface area contributed by atoms with Gasteiger partial charge in [0.25, 0.3) is 0 Å². The number of sulfonamides is 1. The summed E-state index contributed by atoms with van der Waals surface area (Å²) in [5.41, 5.74) is 7.14. The van der Waals surface area contributed by atoms with Crippen molar-refractivity contribution in [3.05, 3.63) is 65.2 Å². The molecule has 2 aromatic carbocycles. The molecule has 0 unspecified atom stereocenters. The Labute approximate surface area is 121 Å². The molecule has 0 spiro atoms. The zero-order valence-electron chi connectivity index (χ0n) is 11.0. The third kappa shape index (κ3) is 3.84. The highest BCUT2D eigenvalue weighted by atomic mass is 32.2. The van der Waals surface area contributed by atoms with Crippen LogP contribution in [0.5, 0.6) is 0 Å². The lowest BCUT2D eigenvalue weighted by Crippen LogP contribution is -2.23. The molecule has 3 N–H and O–H groups in total. The highest BCUT2D eigenvalue weighted by Crippen LogP contribution is 2.14. The number of benzene rings is 2. The van der Waals surface area contributed by atoms with Crippen LogP contribution in [0.25, 0.3) is 0 Å². The van der Waals surface area contributed by atoms with Crippen LogP contribution in [0.3, 0.4) is 0 Å². The van der Waals surface area contributed by atoms with Crippen LogP contribution in [-0.4, -0.2) is 8.42 Å². The van der Waals surface area contributed by atoms with Gasteiger partial charge in [-0.2, -0.15) is 0 Å². The van der Waals surface area contributed by atoms with Crippen molar-refractivity contribution in [3.8, 4) is 0 Å². The molecule has 0 saturated heterocycles. The van der Waals surface area contributed by atoms with Crippen molar-refractivity contribution in [3.63, 3.8) is 0 Å². The number of nitrogens with two attached hydrogens (primary N) is 1. The van der Waals surface area contributed by atoms with Gasteiger partial charge >= 0.3 is 0 Å². The molecule has 0 fully saturated rings. The molecule has 0 heterocycles. The third-order valence-electron chi connectivity index (χ3n) is 2.93. The van der Waals surface area contributed by atoms with E-state index < -0.39 is 21.7 Å². The molecule has 4 nitrogen and oxygen atoms in total. The fraction of sp³-hybridized carbons (Fsp3) is 0.143. The van der Waals surface area contributed by atoms with Gasteiger partial charge in [-0.3, -0.25) is 0 Å². The maximum Gasteiger partial charge on any atom is 0.240 e. The van der Waals surface area contributed by atoms with Crippen molar-refractivity contribution < 1.29 is 17.2 Å². The smallest absolute Gasteiger partial charge is 0.240 e. The first kappa shape index (κ1) is 15.6. The molecule has 0 amide bonds. The topological polar surface area (TPSA) is 72.2 Å². The molecular formula is C14H14F2N2O2S. The highest BCUT2D eigenvalue weighted by Gasteiger charge is 2.16. The lowest BCUT2D eigenvalue weighted by Gasteiger charge is -2.08. The van der Waals surface area contributed by atoms with Crippen LogP contribution in [0.4, 0.5) is 8.78 Å². The fourth-order valence-corrected chi connectivity index (χ4v) is 2.73. The summed E-state index contributed by atoms with van der Waals surface area (Å²) in [7, 11) is -3.89. The van der Waals surface area contributed by atoms with Gasteiger partial charge in [-0.25, -0.2) is 21.9 Å². The van der Waals surface area contributed by atoms with Crippen LogP contribution in [0.2, 0.25) is 0 Å². The van der Waals surface area contributed by atoms with Crippen molar-refractivity contribution in [2.45, 2.75) is 18.0 Å². The molecule has 0 aliphatic carbocycles. The van der Waals surface area contributed by atoms with Crippen LogP contribution in [0.1, 0.15) is 11.1 Å². The molecule has 0 aliphatic heterocycles. The molecular weight excluding hydrogens is 298 g/mol. The molecule has 0 saturated carbocycles. The molecule has 0 aliphatic rings.